The second kappa shape index (κ2) is 6.80. The van der Waals surface area contributed by atoms with Gasteiger partial charge in [-0.25, -0.2) is 0 Å². The fourth-order valence-electron chi connectivity index (χ4n) is 1.59. The first kappa shape index (κ1) is 13.4. The molecule has 0 aliphatic carbocycles. The minimum absolute atomic E-state index is 0.262. The highest BCUT2D eigenvalue weighted by molar-refractivity contribution is 5.71. The Hall–Kier alpha value is -0.690. The zero-order valence-corrected chi connectivity index (χ0v) is 9.46. The lowest BCUT2D eigenvalue weighted by Gasteiger charge is -2.37. The van der Waals surface area contributed by atoms with E-state index >= 15 is 0 Å². The minimum Gasteiger partial charge on any atom is -0.481 e. The molecule has 0 bridgehead atoms. The number of nitrogens with zero attached hydrogens (tertiary/aromatic N) is 1. The molecule has 0 saturated carbocycles. The number of hydrogen-bond donors (Lipinski definition) is 2. The third-order valence-electron chi connectivity index (χ3n) is 2.52. The molecule has 1 saturated heterocycles. The number of aliphatic carboxylic acids is 1. The highest BCUT2D eigenvalue weighted by Crippen LogP contribution is 2.15. The molecule has 0 amide bonds. The van der Waals surface area contributed by atoms with Gasteiger partial charge in [-0.15, -0.1) is 0 Å². The van der Waals surface area contributed by atoms with Crippen molar-refractivity contribution in [3.63, 3.8) is 0 Å². The van der Waals surface area contributed by atoms with Gasteiger partial charge in [0.1, 0.15) is 0 Å². The number of aliphatic hydroxyl groups excluding tert-OH is 1. The van der Waals surface area contributed by atoms with Gasteiger partial charge in [0.05, 0.1) is 31.8 Å². The summed E-state index contributed by atoms with van der Waals surface area (Å²) in [6.45, 7) is 2.74. The van der Waals surface area contributed by atoms with E-state index < -0.39 is 12.1 Å². The molecule has 1 rings (SSSR count). The van der Waals surface area contributed by atoms with E-state index in [1.807, 2.05) is 4.90 Å². The summed E-state index contributed by atoms with van der Waals surface area (Å²) in [5, 5.41) is 18.2. The summed E-state index contributed by atoms with van der Waals surface area (Å²) in [5.74, 6) is -1.04. The zero-order valence-electron chi connectivity index (χ0n) is 9.46. The molecule has 0 radical (unpaired) electrons. The maximum Gasteiger partial charge on any atom is 0.309 e. The monoisotopic (exact) mass is 233 g/mol. The number of ether oxygens (including phenoxy) is 2. The van der Waals surface area contributed by atoms with Crippen LogP contribution in [0.5, 0.6) is 0 Å². The van der Waals surface area contributed by atoms with Crippen LogP contribution in [-0.4, -0.2) is 73.8 Å². The van der Waals surface area contributed by atoms with Crippen LogP contribution < -0.4 is 0 Å². The standard InChI is InChI=1S/C10H19NO5/c1-15-2-3-16-7-9(12)6-11-4-8(5-11)10(13)14/h8-9,12H,2-7H2,1H3,(H,13,14). The molecule has 1 atom stereocenters. The first-order chi connectivity index (χ1) is 7.63. The first-order valence-electron chi connectivity index (χ1n) is 5.33. The molecule has 0 aromatic rings. The van der Waals surface area contributed by atoms with Crippen molar-refractivity contribution in [1.29, 1.82) is 0 Å². The average Bonchev–Trinajstić information content (AvgIpc) is 2.17. The highest BCUT2D eigenvalue weighted by Gasteiger charge is 2.33. The third kappa shape index (κ3) is 4.44. The number of carboxylic acids is 1. The molecule has 1 fully saturated rings. The smallest absolute Gasteiger partial charge is 0.309 e. The van der Waals surface area contributed by atoms with E-state index in [4.69, 9.17) is 14.6 Å². The largest absolute Gasteiger partial charge is 0.481 e. The van der Waals surface area contributed by atoms with Crippen LogP contribution in [0.4, 0.5) is 0 Å². The van der Waals surface area contributed by atoms with Gasteiger partial charge in [-0.3, -0.25) is 9.69 Å². The van der Waals surface area contributed by atoms with E-state index in [0.717, 1.165) is 0 Å². The SMILES string of the molecule is COCCOCC(O)CN1CC(C(=O)O)C1. The van der Waals surface area contributed by atoms with Crippen LogP contribution in [0.15, 0.2) is 0 Å². The molecule has 2 N–H and O–H groups in total. The number of carbonyl (C=O) groups is 1. The van der Waals surface area contributed by atoms with Crippen molar-refractivity contribution >= 4 is 5.97 Å². The summed E-state index contributed by atoms with van der Waals surface area (Å²) in [7, 11) is 1.59. The van der Waals surface area contributed by atoms with Crippen molar-refractivity contribution in [2.45, 2.75) is 6.10 Å². The Kier molecular flexibility index (Phi) is 5.68. The highest BCUT2D eigenvalue weighted by atomic mass is 16.5. The molecule has 1 aliphatic rings. The summed E-state index contributed by atoms with van der Waals surface area (Å²) in [6, 6.07) is 0. The van der Waals surface area contributed by atoms with Gasteiger partial charge < -0.3 is 19.7 Å². The predicted octanol–water partition coefficient (Wildman–Crippen LogP) is -0.973. The van der Waals surface area contributed by atoms with Crippen LogP contribution in [-0.2, 0) is 14.3 Å². The van der Waals surface area contributed by atoms with Crippen LogP contribution in [0.1, 0.15) is 0 Å². The van der Waals surface area contributed by atoms with Gasteiger partial charge in [-0.05, 0) is 0 Å². The number of carboxylic acid groups (broad SMARTS) is 1. The Labute approximate surface area is 94.8 Å². The van der Waals surface area contributed by atoms with E-state index in [1.165, 1.54) is 0 Å². The first-order valence-corrected chi connectivity index (χ1v) is 5.33. The molecule has 6 nitrogen and oxygen atoms in total. The van der Waals surface area contributed by atoms with Crippen LogP contribution in [0.3, 0.4) is 0 Å². The van der Waals surface area contributed by atoms with Crippen molar-refractivity contribution in [2.24, 2.45) is 5.92 Å². The molecule has 0 aromatic carbocycles. The number of rotatable bonds is 8. The average molecular weight is 233 g/mol. The maximum absolute atomic E-state index is 10.5. The summed E-state index contributed by atoms with van der Waals surface area (Å²) in [4.78, 5) is 12.4. The van der Waals surface area contributed by atoms with Crippen LogP contribution in [0.2, 0.25) is 0 Å². The molecule has 94 valence electrons. The Bertz CT molecular complexity index is 217. The molecular formula is C10H19NO5. The van der Waals surface area contributed by atoms with E-state index in [2.05, 4.69) is 0 Å². The summed E-state index contributed by atoms with van der Waals surface area (Å²) in [6.07, 6.45) is -0.563. The Morgan fingerprint density at radius 2 is 2.19 bits per heavy atom. The van der Waals surface area contributed by atoms with Gasteiger partial charge in [0, 0.05) is 26.7 Å². The Balaban J connectivity index is 1.99. The number of hydrogen-bond acceptors (Lipinski definition) is 5. The van der Waals surface area contributed by atoms with Gasteiger partial charge >= 0.3 is 5.97 Å². The summed E-state index contributed by atoms with van der Waals surface area (Å²) in [5.41, 5.74) is 0. The molecular weight excluding hydrogens is 214 g/mol. The molecule has 1 unspecified atom stereocenters. The minimum atomic E-state index is -0.762. The fraction of sp³-hybridized carbons (Fsp3) is 0.900. The topological polar surface area (TPSA) is 79.2 Å². The van der Waals surface area contributed by atoms with E-state index in [-0.39, 0.29) is 12.5 Å². The van der Waals surface area contributed by atoms with E-state index in [0.29, 0.717) is 32.8 Å². The molecule has 1 aliphatic heterocycles. The predicted molar refractivity (Wildman–Crippen MR) is 56.3 cm³/mol. The van der Waals surface area contributed by atoms with E-state index in [9.17, 15) is 9.90 Å². The lowest BCUT2D eigenvalue weighted by atomic mass is 10.0. The number of β-amino-alcohol motifs (C(OH)–C–C–N with tert-alkyl or cyclic N) is 1. The second-order valence-corrected chi connectivity index (χ2v) is 3.98. The van der Waals surface area contributed by atoms with Crippen molar-refractivity contribution in [2.75, 3.05) is 46.6 Å². The van der Waals surface area contributed by atoms with E-state index in [1.54, 1.807) is 7.11 Å². The Morgan fingerprint density at radius 1 is 1.50 bits per heavy atom. The molecule has 16 heavy (non-hydrogen) atoms. The number of likely N-dealkylation sites (tertiary alicyclic amines) is 1. The summed E-state index contributed by atoms with van der Waals surface area (Å²) < 4.78 is 9.96. The third-order valence-corrected chi connectivity index (χ3v) is 2.52. The second-order valence-electron chi connectivity index (χ2n) is 3.98. The van der Waals surface area contributed by atoms with Crippen LogP contribution >= 0.6 is 0 Å². The fourth-order valence-corrected chi connectivity index (χ4v) is 1.59. The lowest BCUT2D eigenvalue weighted by Crippen LogP contribution is -2.53. The molecule has 0 aromatic heterocycles. The van der Waals surface area contributed by atoms with Crippen LogP contribution in [0, 0.1) is 5.92 Å². The quantitative estimate of drug-likeness (QED) is 0.525. The normalized spacial score (nSPS) is 19.4. The van der Waals surface area contributed by atoms with Crippen molar-refractivity contribution in [1.82, 2.24) is 4.90 Å². The van der Waals surface area contributed by atoms with Gasteiger partial charge in [0.2, 0.25) is 0 Å². The van der Waals surface area contributed by atoms with Crippen LogP contribution in [0.25, 0.3) is 0 Å². The van der Waals surface area contributed by atoms with Gasteiger partial charge in [-0.1, -0.05) is 0 Å². The maximum atomic E-state index is 10.5. The number of aliphatic hydroxyl groups is 1. The molecule has 0 spiro atoms. The Morgan fingerprint density at radius 3 is 2.75 bits per heavy atom. The van der Waals surface area contributed by atoms with Crippen molar-refractivity contribution < 1.29 is 24.5 Å². The van der Waals surface area contributed by atoms with Gasteiger partial charge in [-0.2, -0.15) is 0 Å². The van der Waals surface area contributed by atoms with Gasteiger partial charge in [0.15, 0.2) is 0 Å². The van der Waals surface area contributed by atoms with Gasteiger partial charge in [0.25, 0.3) is 0 Å². The number of methoxy groups -OCH3 is 1. The van der Waals surface area contributed by atoms with Crippen molar-refractivity contribution in [3.8, 4) is 0 Å². The zero-order chi connectivity index (χ0) is 12.0. The summed E-state index contributed by atoms with van der Waals surface area (Å²) >= 11 is 0. The molecule has 1 heterocycles. The molecule has 6 heteroatoms. The van der Waals surface area contributed by atoms with Crippen molar-refractivity contribution in [3.05, 3.63) is 0 Å². The lowest BCUT2D eigenvalue weighted by molar-refractivity contribution is -0.148.